The summed E-state index contributed by atoms with van der Waals surface area (Å²) in [6.07, 6.45) is 4.14. The molecule has 6 heteroatoms. The van der Waals surface area contributed by atoms with Gasteiger partial charge in [0.15, 0.2) is 0 Å². The van der Waals surface area contributed by atoms with Gasteiger partial charge < -0.3 is 10.4 Å². The molecule has 0 bridgehead atoms. The third-order valence-corrected chi connectivity index (χ3v) is 4.85. The second kappa shape index (κ2) is 9.31. The van der Waals surface area contributed by atoms with Crippen molar-refractivity contribution in [1.82, 2.24) is 10.2 Å². The quantitative estimate of drug-likeness (QED) is 0.862. The van der Waals surface area contributed by atoms with Crippen molar-refractivity contribution in [1.29, 1.82) is 0 Å². The van der Waals surface area contributed by atoms with Crippen LogP contribution in [0.3, 0.4) is 0 Å². The van der Waals surface area contributed by atoms with Crippen LogP contribution >= 0.6 is 36.4 Å². The first-order valence-electron chi connectivity index (χ1n) is 7.61. The molecule has 2 saturated heterocycles. The summed E-state index contributed by atoms with van der Waals surface area (Å²) in [6, 6.07) is 9.22. The third kappa shape index (κ3) is 4.98. The van der Waals surface area contributed by atoms with Crippen LogP contribution in [-0.4, -0.2) is 47.8 Å². The van der Waals surface area contributed by atoms with E-state index in [1.807, 2.05) is 12.1 Å². The van der Waals surface area contributed by atoms with Crippen LogP contribution in [0.25, 0.3) is 0 Å². The van der Waals surface area contributed by atoms with Crippen LogP contribution in [0, 0.1) is 0 Å². The Morgan fingerprint density at radius 1 is 1.14 bits per heavy atom. The van der Waals surface area contributed by atoms with Crippen molar-refractivity contribution in [3.63, 3.8) is 0 Å². The van der Waals surface area contributed by atoms with E-state index in [0.29, 0.717) is 12.1 Å². The van der Waals surface area contributed by atoms with E-state index >= 15 is 0 Å². The maximum atomic E-state index is 10.0. The Morgan fingerprint density at radius 2 is 1.77 bits per heavy atom. The highest BCUT2D eigenvalue weighted by Gasteiger charge is 2.35. The van der Waals surface area contributed by atoms with E-state index < -0.39 is 0 Å². The van der Waals surface area contributed by atoms with Gasteiger partial charge in [-0.25, -0.2) is 0 Å². The van der Waals surface area contributed by atoms with Crippen molar-refractivity contribution in [2.24, 2.45) is 0 Å². The lowest BCUT2D eigenvalue weighted by Crippen LogP contribution is -2.46. The minimum Gasteiger partial charge on any atom is -0.392 e. The lowest BCUT2D eigenvalue weighted by Gasteiger charge is -2.35. The van der Waals surface area contributed by atoms with Gasteiger partial charge in [0.1, 0.15) is 0 Å². The van der Waals surface area contributed by atoms with Gasteiger partial charge in [-0.05, 0) is 56.5 Å². The molecule has 3 rings (SSSR count). The molecule has 2 heterocycles. The van der Waals surface area contributed by atoms with Crippen molar-refractivity contribution in [2.45, 2.75) is 43.9 Å². The normalized spacial score (nSPS) is 26.3. The molecule has 0 amide bonds. The molecule has 0 radical (unpaired) electrons. The second-order valence-corrected chi connectivity index (χ2v) is 6.49. The molecule has 1 aromatic carbocycles. The molecule has 2 atom stereocenters. The molecule has 2 aliphatic heterocycles. The number of aliphatic hydroxyl groups excluding tert-OH is 1. The zero-order valence-corrected chi connectivity index (χ0v) is 15.0. The minimum absolute atomic E-state index is 0. The largest absolute Gasteiger partial charge is 0.392 e. The summed E-state index contributed by atoms with van der Waals surface area (Å²) in [5.41, 5.74) is 1.31. The van der Waals surface area contributed by atoms with Crippen LogP contribution in [0.4, 0.5) is 0 Å². The molecular weight excluding hydrogens is 343 g/mol. The van der Waals surface area contributed by atoms with Gasteiger partial charge in [0.05, 0.1) is 6.10 Å². The highest BCUT2D eigenvalue weighted by Crippen LogP contribution is 2.27. The molecule has 2 unspecified atom stereocenters. The lowest BCUT2D eigenvalue weighted by molar-refractivity contribution is 0.126. The van der Waals surface area contributed by atoms with Crippen molar-refractivity contribution in [3.05, 3.63) is 34.9 Å². The van der Waals surface area contributed by atoms with Crippen molar-refractivity contribution < 1.29 is 5.11 Å². The van der Waals surface area contributed by atoms with E-state index in [2.05, 4.69) is 22.3 Å². The SMILES string of the molecule is Cl.Cl.OC1CC(Cc2ccc(Cl)cc2)N(C2CCNCC2)C1. The molecule has 2 aliphatic rings. The molecule has 0 spiro atoms. The van der Waals surface area contributed by atoms with E-state index in [1.165, 1.54) is 18.4 Å². The summed E-state index contributed by atoms with van der Waals surface area (Å²) in [5.74, 6) is 0. The first-order valence-corrected chi connectivity index (χ1v) is 7.99. The van der Waals surface area contributed by atoms with Crippen LogP contribution in [0.2, 0.25) is 5.02 Å². The zero-order valence-electron chi connectivity index (χ0n) is 12.6. The molecule has 2 fully saturated rings. The summed E-state index contributed by atoms with van der Waals surface area (Å²) in [6.45, 7) is 3.04. The van der Waals surface area contributed by atoms with Gasteiger partial charge in [0, 0.05) is 23.7 Å². The van der Waals surface area contributed by atoms with Gasteiger partial charge in [0.25, 0.3) is 0 Å². The highest BCUT2D eigenvalue weighted by atomic mass is 35.5. The fourth-order valence-electron chi connectivity index (χ4n) is 3.60. The van der Waals surface area contributed by atoms with Crippen LogP contribution in [0.5, 0.6) is 0 Å². The smallest absolute Gasteiger partial charge is 0.0682 e. The first-order chi connectivity index (χ1) is 9.72. The van der Waals surface area contributed by atoms with Crippen molar-refractivity contribution in [3.8, 4) is 0 Å². The van der Waals surface area contributed by atoms with E-state index in [9.17, 15) is 5.11 Å². The average molecular weight is 368 g/mol. The Labute approximate surface area is 150 Å². The fraction of sp³-hybridized carbons (Fsp3) is 0.625. The molecule has 1 aromatic rings. The van der Waals surface area contributed by atoms with Crippen LogP contribution in [0.1, 0.15) is 24.8 Å². The third-order valence-electron chi connectivity index (χ3n) is 4.60. The molecular formula is C16H25Cl3N2O. The predicted molar refractivity (Wildman–Crippen MR) is 96.7 cm³/mol. The number of nitrogens with one attached hydrogen (secondary N) is 1. The number of piperidine rings is 1. The Morgan fingerprint density at radius 3 is 2.41 bits per heavy atom. The Hall–Kier alpha value is -0.0300. The van der Waals surface area contributed by atoms with Crippen molar-refractivity contribution >= 4 is 36.4 Å². The number of β-amino-alcohol motifs (C(OH)–C–C–N with tert-alkyl or cyclic N) is 1. The number of halogens is 3. The van der Waals surface area contributed by atoms with E-state index in [-0.39, 0.29) is 30.9 Å². The summed E-state index contributed by atoms with van der Waals surface area (Å²) in [7, 11) is 0. The van der Waals surface area contributed by atoms with E-state index in [1.54, 1.807) is 0 Å². The number of benzene rings is 1. The van der Waals surface area contributed by atoms with Gasteiger partial charge >= 0.3 is 0 Å². The molecule has 0 aliphatic carbocycles. The fourth-order valence-corrected chi connectivity index (χ4v) is 3.72. The number of nitrogens with zero attached hydrogens (tertiary/aromatic N) is 1. The molecule has 126 valence electrons. The van der Waals surface area contributed by atoms with E-state index in [4.69, 9.17) is 11.6 Å². The van der Waals surface area contributed by atoms with Gasteiger partial charge in [-0.15, -0.1) is 24.8 Å². The van der Waals surface area contributed by atoms with Crippen LogP contribution in [0.15, 0.2) is 24.3 Å². The molecule has 0 saturated carbocycles. The maximum Gasteiger partial charge on any atom is 0.0682 e. The lowest BCUT2D eigenvalue weighted by atomic mass is 9.99. The highest BCUT2D eigenvalue weighted by molar-refractivity contribution is 6.30. The predicted octanol–water partition coefficient (Wildman–Crippen LogP) is 2.91. The summed E-state index contributed by atoms with van der Waals surface area (Å²) >= 11 is 5.94. The second-order valence-electron chi connectivity index (χ2n) is 6.05. The van der Waals surface area contributed by atoms with Gasteiger partial charge in [-0.2, -0.15) is 0 Å². The average Bonchev–Trinajstić information content (AvgIpc) is 2.83. The Kier molecular flexibility index (Phi) is 8.47. The van der Waals surface area contributed by atoms with Crippen molar-refractivity contribution in [2.75, 3.05) is 19.6 Å². The summed E-state index contributed by atoms with van der Waals surface area (Å²) < 4.78 is 0. The van der Waals surface area contributed by atoms with E-state index in [0.717, 1.165) is 37.5 Å². The topological polar surface area (TPSA) is 35.5 Å². The number of aliphatic hydroxyl groups is 1. The molecule has 3 nitrogen and oxygen atoms in total. The molecule has 2 N–H and O–H groups in total. The number of hydrogen-bond donors (Lipinski definition) is 2. The Bertz CT molecular complexity index is 438. The van der Waals surface area contributed by atoms with Crippen LogP contribution < -0.4 is 5.32 Å². The minimum atomic E-state index is -0.165. The first kappa shape index (κ1) is 20.0. The number of likely N-dealkylation sites (tertiary alicyclic amines) is 1. The maximum absolute atomic E-state index is 10.0. The molecule has 22 heavy (non-hydrogen) atoms. The number of hydrogen-bond acceptors (Lipinski definition) is 3. The van der Waals surface area contributed by atoms with Gasteiger partial charge in [-0.1, -0.05) is 23.7 Å². The van der Waals surface area contributed by atoms with Gasteiger partial charge in [0.2, 0.25) is 0 Å². The monoisotopic (exact) mass is 366 g/mol. The standard InChI is InChI=1S/C16H23ClN2O.2ClH/c17-13-3-1-12(2-4-13)9-15-10-16(20)11-19(15)14-5-7-18-8-6-14;;/h1-4,14-16,18,20H,5-11H2;2*1H. The number of rotatable bonds is 3. The Balaban J connectivity index is 0.00000121. The van der Waals surface area contributed by atoms with Crippen LogP contribution in [-0.2, 0) is 6.42 Å². The zero-order chi connectivity index (χ0) is 13.9. The van der Waals surface area contributed by atoms with Gasteiger partial charge in [-0.3, -0.25) is 4.90 Å². The summed E-state index contributed by atoms with van der Waals surface area (Å²) in [5, 5.41) is 14.2. The summed E-state index contributed by atoms with van der Waals surface area (Å²) in [4.78, 5) is 2.54. The molecule has 0 aromatic heterocycles.